The van der Waals surface area contributed by atoms with E-state index in [1.54, 1.807) is 10.2 Å². The molecule has 0 fully saturated rings. The highest BCUT2D eigenvalue weighted by molar-refractivity contribution is 7.20. The average molecular weight is 376 g/mol. The fourth-order valence-electron chi connectivity index (χ4n) is 2.33. The van der Waals surface area contributed by atoms with Crippen molar-refractivity contribution in [3.8, 4) is 5.69 Å². The van der Waals surface area contributed by atoms with Crippen LogP contribution in [-0.4, -0.2) is 25.9 Å². The molecule has 120 valence electrons. The number of nitrogens with one attached hydrogen (secondary N) is 1. The number of benzene rings is 1. The van der Waals surface area contributed by atoms with Crippen LogP contribution < -0.4 is 5.32 Å². The number of thiophene rings is 1. The number of halogens is 1. The number of anilines is 1. The summed E-state index contributed by atoms with van der Waals surface area (Å²) >= 11 is 8.92. The maximum absolute atomic E-state index is 12.4. The number of carbonyl (C=O) groups excluding carboxylic acids is 1. The van der Waals surface area contributed by atoms with Crippen LogP contribution in [0.15, 0.2) is 35.8 Å². The van der Waals surface area contributed by atoms with E-state index in [1.807, 2.05) is 37.3 Å². The Morgan fingerprint density at radius 1 is 1.33 bits per heavy atom. The summed E-state index contributed by atoms with van der Waals surface area (Å²) < 4.78 is 1.78. The quantitative estimate of drug-likeness (QED) is 0.583. The van der Waals surface area contributed by atoms with Gasteiger partial charge in [0.25, 0.3) is 5.91 Å². The van der Waals surface area contributed by atoms with Crippen LogP contribution in [0.2, 0.25) is 5.02 Å². The van der Waals surface area contributed by atoms with Gasteiger partial charge in [-0.2, -0.15) is 5.10 Å². The zero-order valence-corrected chi connectivity index (χ0v) is 14.7. The van der Waals surface area contributed by atoms with Crippen LogP contribution in [-0.2, 0) is 0 Å². The van der Waals surface area contributed by atoms with Crippen molar-refractivity contribution >= 4 is 55.5 Å². The molecule has 0 aliphatic heterocycles. The Labute approximate surface area is 149 Å². The van der Waals surface area contributed by atoms with Gasteiger partial charge in [0, 0.05) is 5.39 Å². The summed E-state index contributed by atoms with van der Waals surface area (Å²) in [5.74, 6) is -0.210. The van der Waals surface area contributed by atoms with E-state index in [4.69, 9.17) is 11.6 Å². The zero-order chi connectivity index (χ0) is 16.7. The second-order valence-electron chi connectivity index (χ2n) is 4.98. The summed E-state index contributed by atoms with van der Waals surface area (Å²) in [6.07, 6.45) is 0. The fraction of sp³-hybridized carbons (Fsp3) is 0.0667. The predicted octanol–water partition coefficient (Wildman–Crippen LogP) is 4.15. The largest absolute Gasteiger partial charge is 0.296 e. The van der Waals surface area contributed by atoms with Crippen LogP contribution in [0, 0.1) is 6.92 Å². The molecule has 0 spiro atoms. The Bertz CT molecular complexity index is 1040. The maximum atomic E-state index is 12.4. The number of amides is 1. The summed E-state index contributed by atoms with van der Waals surface area (Å²) in [6, 6.07) is 9.33. The van der Waals surface area contributed by atoms with Gasteiger partial charge in [0.1, 0.15) is 10.3 Å². The lowest BCUT2D eigenvalue weighted by molar-refractivity contribution is 0.103. The predicted molar refractivity (Wildman–Crippen MR) is 96.6 cm³/mol. The summed E-state index contributed by atoms with van der Waals surface area (Å²) in [5, 5.41) is 16.8. The second-order valence-corrected chi connectivity index (χ2v) is 7.25. The van der Waals surface area contributed by atoms with Crippen molar-refractivity contribution in [1.82, 2.24) is 20.0 Å². The molecule has 4 aromatic rings. The molecule has 3 heterocycles. The molecule has 1 N–H and O–H groups in total. The van der Waals surface area contributed by atoms with Crippen molar-refractivity contribution in [1.29, 1.82) is 0 Å². The molecule has 0 aliphatic carbocycles. The maximum Gasteiger partial charge on any atom is 0.267 e. The van der Waals surface area contributed by atoms with Crippen LogP contribution >= 0.6 is 34.3 Å². The van der Waals surface area contributed by atoms with E-state index in [1.165, 1.54) is 22.7 Å². The topological polar surface area (TPSA) is 72.7 Å². The van der Waals surface area contributed by atoms with Gasteiger partial charge in [-0.3, -0.25) is 10.1 Å². The lowest BCUT2D eigenvalue weighted by Crippen LogP contribution is -2.09. The number of aromatic nitrogens is 4. The molecule has 1 aromatic carbocycles. The number of hydrogen-bond donors (Lipinski definition) is 1. The zero-order valence-electron chi connectivity index (χ0n) is 12.4. The van der Waals surface area contributed by atoms with Crippen LogP contribution in [0.1, 0.15) is 15.4 Å². The Hall–Kier alpha value is -2.29. The molecule has 0 radical (unpaired) electrons. The van der Waals surface area contributed by atoms with Gasteiger partial charge in [0.15, 0.2) is 0 Å². The van der Waals surface area contributed by atoms with Gasteiger partial charge in [-0.1, -0.05) is 35.1 Å². The van der Waals surface area contributed by atoms with Crippen molar-refractivity contribution in [2.45, 2.75) is 6.92 Å². The van der Waals surface area contributed by atoms with E-state index in [9.17, 15) is 4.79 Å². The van der Waals surface area contributed by atoms with Gasteiger partial charge in [-0.25, -0.2) is 4.68 Å². The molecular formula is C15H10ClN5OS2. The lowest BCUT2D eigenvalue weighted by Gasteiger charge is -2.04. The summed E-state index contributed by atoms with van der Waals surface area (Å²) in [7, 11) is 0. The Morgan fingerprint density at radius 2 is 2.17 bits per heavy atom. The van der Waals surface area contributed by atoms with E-state index in [0.29, 0.717) is 15.0 Å². The van der Waals surface area contributed by atoms with Crippen molar-refractivity contribution in [3.63, 3.8) is 0 Å². The number of fused-ring (bicyclic) bond motifs is 1. The SMILES string of the molecule is Cc1nn(-c2ccccc2Cl)c2sc(C(=O)Nc3nncs3)cc12. The lowest BCUT2D eigenvalue weighted by atomic mass is 10.3. The van der Waals surface area contributed by atoms with Gasteiger partial charge >= 0.3 is 0 Å². The number of nitrogens with zero attached hydrogens (tertiary/aromatic N) is 4. The van der Waals surface area contributed by atoms with Crippen molar-refractivity contribution in [3.05, 3.63) is 51.4 Å². The first-order chi connectivity index (χ1) is 11.6. The molecule has 0 unspecified atom stereocenters. The smallest absolute Gasteiger partial charge is 0.267 e. The van der Waals surface area contributed by atoms with E-state index in [-0.39, 0.29) is 5.91 Å². The van der Waals surface area contributed by atoms with Crippen molar-refractivity contribution in [2.24, 2.45) is 0 Å². The molecule has 3 aromatic heterocycles. The normalized spacial score (nSPS) is 11.1. The van der Waals surface area contributed by atoms with E-state index < -0.39 is 0 Å². The van der Waals surface area contributed by atoms with Gasteiger partial charge in [-0.15, -0.1) is 21.5 Å². The Kier molecular flexibility index (Phi) is 3.79. The molecule has 1 amide bonds. The van der Waals surface area contributed by atoms with E-state index >= 15 is 0 Å². The van der Waals surface area contributed by atoms with Gasteiger partial charge in [-0.05, 0) is 25.1 Å². The van der Waals surface area contributed by atoms with Crippen molar-refractivity contribution in [2.75, 3.05) is 5.32 Å². The van der Waals surface area contributed by atoms with Gasteiger partial charge in [0.2, 0.25) is 5.13 Å². The van der Waals surface area contributed by atoms with Crippen LogP contribution in [0.5, 0.6) is 0 Å². The third kappa shape index (κ3) is 2.58. The van der Waals surface area contributed by atoms with Crippen molar-refractivity contribution < 1.29 is 4.79 Å². The number of carbonyl (C=O) groups is 1. The highest BCUT2D eigenvalue weighted by Gasteiger charge is 2.18. The number of rotatable bonds is 3. The molecule has 24 heavy (non-hydrogen) atoms. The number of para-hydroxylation sites is 1. The molecule has 6 nitrogen and oxygen atoms in total. The first-order valence-corrected chi connectivity index (χ1v) is 9.02. The monoisotopic (exact) mass is 375 g/mol. The van der Waals surface area contributed by atoms with Gasteiger partial charge in [0.05, 0.1) is 21.3 Å². The molecule has 0 saturated heterocycles. The number of aryl methyl sites for hydroxylation is 1. The molecule has 0 atom stereocenters. The molecule has 0 aliphatic rings. The minimum atomic E-state index is -0.210. The molecule has 0 bridgehead atoms. The standard InChI is InChI=1S/C15H10ClN5OS2/c1-8-9-6-12(13(22)18-15-19-17-7-23-15)24-14(9)21(20-8)11-5-3-2-4-10(11)16/h2-7H,1H3,(H,18,19,22). The first-order valence-electron chi connectivity index (χ1n) is 6.95. The highest BCUT2D eigenvalue weighted by Crippen LogP contribution is 2.32. The van der Waals surface area contributed by atoms with Crippen LogP contribution in [0.25, 0.3) is 15.9 Å². The molecule has 0 saturated carbocycles. The summed E-state index contributed by atoms with van der Waals surface area (Å²) in [5.41, 5.74) is 3.20. The van der Waals surface area contributed by atoms with Crippen LogP contribution in [0.3, 0.4) is 0 Å². The summed E-state index contributed by atoms with van der Waals surface area (Å²) in [4.78, 5) is 13.9. The Morgan fingerprint density at radius 3 is 2.92 bits per heavy atom. The summed E-state index contributed by atoms with van der Waals surface area (Å²) in [6.45, 7) is 1.91. The van der Waals surface area contributed by atoms with Crippen LogP contribution in [0.4, 0.5) is 5.13 Å². The third-order valence-electron chi connectivity index (χ3n) is 3.43. The second kappa shape index (κ2) is 5.97. The van der Waals surface area contributed by atoms with E-state index in [0.717, 1.165) is 21.6 Å². The minimum Gasteiger partial charge on any atom is -0.296 e. The molecule has 4 rings (SSSR count). The first kappa shape index (κ1) is 15.3. The average Bonchev–Trinajstić information content (AvgIpc) is 3.27. The highest BCUT2D eigenvalue weighted by atomic mass is 35.5. The minimum absolute atomic E-state index is 0.210. The third-order valence-corrected chi connectivity index (χ3v) is 5.47. The molecular weight excluding hydrogens is 366 g/mol. The molecule has 9 heteroatoms. The fourth-order valence-corrected chi connectivity index (χ4v) is 4.06. The van der Waals surface area contributed by atoms with Gasteiger partial charge < -0.3 is 0 Å². The Balaban J connectivity index is 1.77. The number of hydrogen-bond acceptors (Lipinski definition) is 6. The van der Waals surface area contributed by atoms with E-state index in [2.05, 4.69) is 20.6 Å².